The smallest absolute Gasteiger partial charge is 0.230 e. The molecule has 1 aromatic heterocycles. The summed E-state index contributed by atoms with van der Waals surface area (Å²) in [5.74, 6) is -0.841. The van der Waals surface area contributed by atoms with Gasteiger partial charge < -0.3 is 16.2 Å². The molecule has 3 rings (SSSR count). The summed E-state index contributed by atoms with van der Waals surface area (Å²) in [6, 6.07) is 9.42. The summed E-state index contributed by atoms with van der Waals surface area (Å²) in [5, 5.41) is 17.7. The number of hydrogen-bond acceptors (Lipinski definition) is 6. The quantitative estimate of drug-likeness (QED) is 0.364. The minimum absolute atomic E-state index is 0.0281. The van der Waals surface area contributed by atoms with Crippen LogP contribution in [-0.4, -0.2) is 32.4 Å². The first-order valence-electron chi connectivity index (χ1n) is 8.01. The fraction of sp³-hybridized carbons (Fsp3) is 0.105. The van der Waals surface area contributed by atoms with Gasteiger partial charge in [-0.3, -0.25) is 4.79 Å². The first-order valence-corrected chi connectivity index (χ1v) is 8.01. The Balaban J connectivity index is 2.15. The number of nitrogens with one attached hydrogen (secondary N) is 1. The maximum absolute atomic E-state index is 13.1. The summed E-state index contributed by atoms with van der Waals surface area (Å²) in [7, 11) is 0. The number of ketones is 1. The highest BCUT2D eigenvalue weighted by atomic mass is 19.1. The van der Waals surface area contributed by atoms with E-state index in [0.29, 0.717) is 16.6 Å². The van der Waals surface area contributed by atoms with Crippen molar-refractivity contribution in [3.8, 4) is 5.75 Å². The molecule has 2 aromatic carbocycles. The fourth-order valence-corrected chi connectivity index (χ4v) is 2.47. The Hall–Kier alpha value is -3.68. The molecule has 0 unspecified atom stereocenters. The van der Waals surface area contributed by atoms with E-state index in [1.165, 1.54) is 36.4 Å². The molecular weight excluding hydrogens is 349 g/mol. The molecule has 0 bridgehead atoms. The van der Waals surface area contributed by atoms with Crippen LogP contribution in [0.5, 0.6) is 5.75 Å². The maximum Gasteiger partial charge on any atom is 0.230 e. The predicted molar refractivity (Wildman–Crippen MR) is 100 cm³/mol. The van der Waals surface area contributed by atoms with Gasteiger partial charge in [-0.1, -0.05) is 0 Å². The molecule has 0 aliphatic heterocycles. The number of nitrogens with two attached hydrogens (primary N) is 1. The van der Waals surface area contributed by atoms with E-state index in [9.17, 15) is 14.3 Å². The van der Waals surface area contributed by atoms with Gasteiger partial charge in [0, 0.05) is 29.1 Å². The summed E-state index contributed by atoms with van der Waals surface area (Å²) < 4.78 is 13.1. The van der Waals surface area contributed by atoms with Gasteiger partial charge in [-0.05, 0) is 43.3 Å². The van der Waals surface area contributed by atoms with E-state index in [4.69, 9.17) is 11.1 Å². The normalized spacial score (nSPS) is 11.6. The molecule has 0 saturated heterocycles. The van der Waals surface area contributed by atoms with Crippen LogP contribution in [0.15, 0.2) is 47.5 Å². The van der Waals surface area contributed by atoms with Gasteiger partial charge in [0.15, 0.2) is 5.82 Å². The van der Waals surface area contributed by atoms with E-state index in [1.807, 2.05) is 0 Å². The lowest BCUT2D eigenvalue weighted by atomic mass is 10.1. The van der Waals surface area contributed by atoms with Crippen molar-refractivity contribution in [2.45, 2.75) is 13.3 Å². The van der Waals surface area contributed by atoms with Gasteiger partial charge in [0.1, 0.15) is 17.4 Å². The number of fused-ring (bicyclic) bond motifs is 1. The number of carbonyl (C=O) groups is 1. The molecule has 0 atom stereocenters. The molecule has 8 heteroatoms. The van der Waals surface area contributed by atoms with E-state index in [0.717, 1.165) is 0 Å². The molecule has 1 heterocycles. The van der Waals surface area contributed by atoms with Gasteiger partial charge in [0.05, 0.1) is 5.52 Å². The molecule has 4 N–H and O–H groups in total. The van der Waals surface area contributed by atoms with E-state index in [1.54, 1.807) is 13.0 Å². The average Bonchev–Trinajstić information content (AvgIpc) is 2.60. The number of amidine groups is 1. The third kappa shape index (κ3) is 4.12. The van der Waals surface area contributed by atoms with Crippen LogP contribution in [-0.2, 0) is 0 Å². The summed E-state index contributed by atoms with van der Waals surface area (Å²) in [6.07, 6.45) is 0.158. The lowest BCUT2D eigenvalue weighted by Gasteiger charge is -2.07. The van der Waals surface area contributed by atoms with Gasteiger partial charge in [0.2, 0.25) is 11.6 Å². The second-order valence-corrected chi connectivity index (χ2v) is 5.97. The molecule has 0 fully saturated rings. The van der Waals surface area contributed by atoms with E-state index < -0.39 is 11.6 Å². The zero-order valence-corrected chi connectivity index (χ0v) is 14.4. The number of rotatable bonds is 5. The van der Waals surface area contributed by atoms with Crippen LogP contribution >= 0.6 is 0 Å². The van der Waals surface area contributed by atoms with Crippen molar-refractivity contribution in [1.29, 1.82) is 5.41 Å². The van der Waals surface area contributed by atoms with E-state index in [2.05, 4.69) is 15.0 Å². The first-order chi connectivity index (χ1) is 12.8. The van der Waals surface area contributed by atoms with Crippen LogP contribution in [0.25, 0.3) is 10.9 Å². The maximum atomic E-state index is 13.1. The minimum Gasteiger partial charge on any atom is -0.508 e. The van der Waals surface area contributed by atoms with Crippen LogP contribution in [0.2, 0.25) is 0 Å². The van der Waals surface area contributed by atoms with Crippen molar-refractivity contribution in [2.75, 3.05) is 0 Å². The lowest BCUT2D eigenvalue weighted by Crippen LogP contribution is -2.15. The highest BCUT2D eigenvalue weighted by molar-refractivity contribution is 6.08. The third-order valence-corrected chi connectivity index (χ3v) is 3.67. The highest BCUT2D eigenvalue weighted by Crippen LogP contribution is 2.27. The largest absolute Gasteiger partial charge is 0.508 e. The number of hydrogen-bond donors (Lipinski definition) is 3. The summed E-state index contributed by atoms with van der Waals surface area (Å²) >= 11 is 0. The Morgan fingerprint density at radius 2 is 1.93 bits per heavy atom. The van der Waals surface area contributed by atoms with E-state index in [-0.39, 0.29) is 35.2 Å². The number of aromatic hydroxyl groups is 1. The third-order valence-electron chi connectivity index (χ3n) is 3.67. The molecule has 0 amide bonds. The highest BCUT2D eigenvalue weighted by Gasteiger charge is 2.16. The summed E-state index contributed by atoms with van der Waals surface area (Å²) in [6.45, 7) is 1.60. The number of nitrogens with zero attached hydrogens (tertiary/aromatic N) is 3. The number of phenolic OH excluding ortho intramolecular Hbond substituents is 1. The Bertz CT molecular complexity index is 1080. The monoisotopic (exact) mass is 365 g/mol. The topological polar surface area (TPSA) is 125 Å². The molecule has 0 saturated carbocycles. The predicted octanol–water partition coefficient (Wildman–Crippen LogP) is 3.12. The zero-order chi connectivity index (χ0) is 19.6. The van der Waals surface area contributed by atoms with Crippen LogP contribution in [0, 0.1) is 11.2 Å². The van der Waals surface area contributed by atoms with Crippen molar-refractivity contribution in [2.24, 2.45) is 10.7 Å². The van der Waals surface area contributed by atoms with Gasteiger partial charge >= 0.3 is 0 Å². The molecule has 0 aliphatic carbocycles. The Kier molecular flexibility index (Phi) is 4.89. The molecule has 27 heavy (non-hydrogen) atoms. The molecule has 3 aromatic rings. The lowest BCUT2D eigenvalue weighted by molar-refractivity contribution is 0.102. The molecule has 0 radical (unpaired) electrons. The van der Waals surface area contributed by atoms with Gasteiger partial charge in [-0.25, -0.2) is 19.4 Å². The molecule has 136 valence electrons. The molecule has 0 aliphatic rings. The van der Waals surface area contributed by atoms with Gasteiger partial charge in [0.25, 0.3) is 0 Å². The minimum atomic E-state index is -0.515. The summed E-state index contributed by atoms with van der Waals surface area (Å²) in [4.78, 5) is 25.3. The van der Waals surface area contributed by atoms with Crippen LogP contribution in [0.1, 0.15) is 29.5 Å². The van der Waals surface area contributed by atoms with Crippen molar-refractivity contribution < 1.29 is 14.3 Å². The number of halogens is 1. The van der Waals surface area contributed by atoms with Gasteiger partial charge in [-0.15, -0.1) is 0 Å². The Labute approximate surface area is 153 Å². The first kappa shape index (κ1) is 18.1. The van der Waals surface area contributed by atoms with Gasteiger partial charge in [-0.2, -0.15) is 0 Å². The van der Waals surface area contributed by atoms with E-state index >= 15 is 0 Å². The zero-order valence-electron chi connectivity index (χ0n) is 14.4. The number of aromatic nitrogens is 2. The van der Waals surface area contributed by atoms with Crippen molar-refractivity contribution >= 4 is 34.1 Å². The molecule has 0 spiro atoms. The SMILES string of the molecule is CC(=N)CC(N)=Nc1nc(C(=O)c2ccc(F)cc2)nc2cc(O)ccc12. The van der Waals surface area contributed by atoms with Crippen molar-refractivity contribution in [3.63, 3.8) is 0 Å². The number of aliphatic imine (C=N–C) groups is 1. The van der Waals surface area contributed by atoms with Crippen molar-refractivity contribution in [3.05, 3.63) is 59.7 Å². The standard InChI is InChI=1S/C19H16FN5O2/c1-10(21)8-16(22)24-18-14-7-6-13(26)9-15(14)23-19(25-18)17(27)11-2-4-12(20)5-3-11/h2-7,9,21,26H,8H2,1H3,(H2,22,23,24,25). The Morgan fingerprint density at radius 3 is 2.59 bits per heavy atom. The van der Waals surface area contributed by atoms with Crippen LogP contribution in [0.3, 0.4) is 0 Å². The second kappa shape index (κ2) is 7.28. The molecule has 7 nitrogen and oxygen atoms in total. The number of phenols is 1. The number of carbonyl (C=O) groups excluding carboxylic acids is 1. The number of benzene rings is 2. The second-order valence-electron chi connectivity index (χ2n) is 5.97. The van der Waals surface area contributed by atoms with Crippen LogP contribution < -0.4 is 5.73 Å². The fourth-order valence-electron chi connectivity index (χ4n) is 2.47. The molecular formula is C19H16FN5O2. The Morgan fingerprint density at radius 1 is 1.22 bits per heavy atom. The van der Waals surface area contributed by atoms with Crippen molar-refractivity contribution in [1.82, 2.24) is 9.97 Å². The van der Waals surface area contributed by atoms with Crippen LogP contribution in [0.4, 0.5) is 10.2 Å². The summed E-state index contributed by atoms with van der Waals surface area (Å²) in [5.41, 5.74) is 6.71. The average molecular weight is 365 g/mol.